The predicted octanol–water partition coefficient (Wildman–Crippen LogP) is 1.16. The second-order valence-electron chi connectivity index (χ2n) is 4.51. The molecule has 0 saturated carbocycles. The zero-order valence-corrected chi connectivity index (χ0v) is 11.7. The van der Waals surface area contributed by atoms with Crippen LogP contribution in [0.4, 0.5) is 5.69 Å². The fourth-order valence-electron chi connectivity index (χ4n) is 2.05. The average Bonchev–Trinajstić information content (AvgIpc) is 2.93. The molecule has 8 nitrogen and oxygen atoms in total. The van der Waals surface area contributed by atoms with Crippen LogP contribution in [0, 0.1) is 10.1 Å². The Bertz CT molecular complexity index is 554. The lowest BCUT2D eigenvalue weighted by molar-refractivity contribution is -0.385. The van der Waals surface area contributed by atoms with Gasteiger partial charge in [-0.15, -0.1) is 0 Å². The van der Waals surface area contributed by atoms with Gasteiger partial charge in [0.15, 0.2) is 5.75 Å². The summed E-state index contributed by atoms with van der Waals surface area (Å²) < 4.78 is 10.9. The van der Waals surface area contributed by atoms with Gasteiger partial charge in [0.1, 0.15) is 12.7 Å². The maximum absolute atomic E-state index is 11.3. The van der Waals surface area contributed by atoms with Crippen LogP contribution in [0.5, 0.6) is 5.75 Å². The molecule has 1 aliphatic heterocycles. The molecule has 1 saturated heterocycles. The van der Waals surface area contributed by atoms with Crippen molar-refractivity contribution in [3.05, 3.63) is 33.3 Å². The standard InChI is InChI=1S/C12H14ClN3O5/c13-7-1-3-9(16(18)19)11(5-7)20-6-8-2-4-10(21-8)12(17)15-14/h1,3,5,8,10H,2,4,6,14H2,(H,15,17). The van der Waals surface area contributed by atoms with Crippen molar-refractivity contribution < 1.29 is 19.2 Å². The fourth-order valence-corrected chi connectivity index (χ4v) is 2.21. The van der Waals surface area contributed by atoms with Gasteiger partial charge in [-0.2, -0.15) is 0 Å². The van der Waals surface area contributed by atoms with Gasteiger partial charge in [0.25, 0.3) is 5.91 Å². The van der Waals surface area contributed by atoms with Gasteiger partial charge in [-0.1, -0.05) is 11.6 Å². The highest BCUT2D eigenvalue weighted by Gasteiger charge is 2.31. The van der Waals surface area contributed by atoms with Crippen molar-refractivity contribution in [1.29, 1.82) is 0 Å². The first-order valence-corrected chi connectivity index (χ1v) is 6.61. The van der Waals surface area contributed by atoms with Crippen LogP contribution in [0.2, 0.25) is 5.02 Å². The van der Waals surface area contributed by atoms with Gasteiger partial charge in [-0.05, 0) is 18.9 Å². The van der Waals surface area contributed by atoms with Crippen molar-refractivity contribution in [2.24, 2.45) is 5.84 Å². The molecule has 0 spiro atoms. The third kappa shape index (κ3) is 3.81. The first-order valence-electron chi connectivity index (χ1n) is 6.24. The number of amides is 1. The zero-order valence-electron chi connectivity index (χ0n) is 11.0. The van der Waals surface area contributed by atoms with E-state index in [2.05, 4.69) is 0 Å². The Morgan fingerprint density at radius 1 is 1.57 bits per heavy atom. The van der Waals surface area contributed by atoms with E-state index in [0.717, 1.165) is 0 Å². The van der Waals surface area contributed by atoms with E-state index in [-0.39, 0.29) is 24.1 Å². The lowest BCUT2D eigenvalue weighted by Gasteiger charge is -2.14. The molecule has 1 aliphatic rings. The fraction of sp³-hybridized carbons (Fsp3) is 0.417. The summed E-state index contributed by atoms with van der Waals surface area (Å²) in [7, 11) is 0. The van der Waals surface area contributed by atoms with E-state index in [9.17, 15) is 14.9 Å². The van der Waals surface area contributed by atoms with Gasteiger partial charge in [0.05, 0.1) is 11.0 Å². The largest absolute Gasteiger partial charge is 0.484 e. The van der Waals surface area contributed by atoms with Crippen LogP contribution in [-0.2, 0) is 9.53 Å². The number of nitro groups is 1. The average molecular weight is 316 g/mol. The van der Waals surface area contributed by atoms with E-state index in [4.69, 9.17) is 26.9 Å². The van der Waals surface area contributed by atoms with E-state index >= 15 is 0 Å². The highest BCUT2D eigenvalue weighted by Crippen LogP contribution is 2.31. The minimum Gasteiger partial charge on any atom is -0.484 e. The first-order chi connectivity index (χ1) is 10.0. The molecule has 2 rings (SSSR count). The number of carbonyl (C=O) groups is 1. The van der Waals surface area contributed by atoms with Crippen molar-refractivity contribution in [2.75, 3.05) is 6.61 Å². The van der Waals surface area contributed by atoms with Crippen LogP contribution in [0.3, 0.4) is 0 Å². The summed E-state index contributed by atoms with van der Waals surface area (Å²) in [6.07, 6.45) is 0.185. The number of benzene rings is 1. The molecule has 1 fully saturated rings. The second-order valence-corrected chi connectivity index (χ2v) is 4.95. The number of halogens is 1. The van der Waals surface area contributed by atoms with Gasteiger partial charge >= 0.3 is 5.69 Å². The Labute approximate surface area is 125 Å². The molecule has 1 heterocycles. The number of hydrazine groups is 1. The minimum absolute atomic E-state index is 0.0721. The van der Waals surface area contributed by atoms with Crippen LogP contribution >= 0.6 is 11.6 Å². The number of hydrogen-bond acceptors (Lipinski definition) is 6. The van der Waals surface area contributed by atoms with Crippen LogP contribution in [0.1, 0.15) is 12.8 Å². The molecule has 1 aromatic rings. The lowest BCUT2D eigenvalue weighted by Crippen LogP contribution is -2.39. The Kier molecular flexibility index (Phi) is 4.94. The number of nitrogens with zero attached hydrogens (tertiary/aromatic N) is 1. The number of rotatable bonds is 5. The Hall–Kier alpha value is -1.90. The number of carbonyl (C=O) groups excluding carboxylic acids is 1. The number of nitrogens with one attached hydrogen (secondary N) is 1. The number of nitro benzene ring substituents is 1. The molecular formula is C12H14ClN3O5. The summed E-state index contributed by atoms with van der Waals surface area (Å²) in [5, 5.41) is 11.2. The van der Waals surface area contributed by atoms with Crippen molar-refractivity contribution in [2.45, 2.75) is 25.0 Å². The maximum atomic E-state index is 11.3. The van der Waals surface area contributed by atoms with Gasteiger partial charge in [0, 0.05) is 17.2 Å². The minimum atomic E-state index is -0.613. The molecule has 2 unspecified atom stereocenters. The molecule has 0 bridgehead atoms. The summed E-state index contributed by atoms with van der Waals surface area (Å²) in [6, 6.07) is 4.07. The molecule has 0 radical (unpaired) electrons. The van der Waals surface area contributed by atoms with E-state index in [1.54, 1.807) is 0 Å². The second kappa shape index (κ2) is 6.70. The summed E-state index contributed by atoms with van der Waals surface area (Å²) in [4.78, 5) is 21.7. The first kappa shape index (κ1) is 15.5. The maximum Gasteiger partial charge on any atom is 0.311 e. The summed E-state index contributed by atoms with van der Waals surface area (Å²) in [5.41, 5.74) is 1.85. The van der Waals surface area contributed by atoms with Gasteiger partial charge < -0.3 is 9.47 Å². The third-order valence-corrected chi connectivity index (χ3v) is 3.32. The van der Waals surface area contributed by atoms with E-state index in [1.165, 1.54) is 18.2 Å². The predicted molar refractivity (Wildman–Crippen MR) is 73.8 cm³/mol. The Morgan fingerprint density at radius 3 is 3.00 bits per heavy atom. The SMILES string of the molecule is NNC(=O)C1CCC(COc2cc(Cl)ccc2[N+](=O)[O-])O1. The van der Waals surface area contributed by atoms with Gasteiger partial charge in [0.2, 0.25) is 0 Å². The highest BCUT2D eigenvalue weighted by molar-refractivity contribution is 6.30. The highest BCUT2D eigenvalue weighted by atomic mass is 35.5. The molecule has 0 aromatic heterocycles. The van der Waals surface area contributed by atoms with Crippen molar-refractivity contribution >= 4 is 23.2 Å². The Morgan fingerprint density at radius 2 is 2.33 bits per heavy atom. The monoisotopic (exact) mass is 315 g/mol. The summed E-state index contributed by atoms with van der Waals surface area (Å²) in [6.45, 7) is 0.0928. The summed E-state index contributed by atoms with van der Waals surface area (Å²) >= 11 is 5.80. The van der Waals surface area contributed by atoms with Crippen molar-refractivity contribution in [3.8, 4) is 5.75 Å². The molecule has 0 aliphatic carbocycles. The van der Waals surface area contributed by atoms with Crippen molar-refractivity contribution in [3.63, 3.8) is 0 Å². The van der Waals surface area contributed by atoms with Gasteiger partial charge in [-0.3, -0.25) is 20.3 Å². The third-order valence-electron chi connectivity index (χ3n) is 3.09. The molecule has 114 valence electrons. The number of ether oxygens (including phenoxy) is 2. The van der Waals surface area contributed by atoms with E-state index < -0.39 is 16.9 Å². The zero-order chi connectivity index (χ0) is 15.4. The van der Waals surface area contributed by atoms with E-state index in [0.29, 0.717) is 17.9 Å². The van der Waals surface area contributed by atoms with Crippen LogP contribution in [0.25, 0.3) is 0 Å². The van der Waals surface area contributed by atoms with Crippen molar-refractivity contribution in [1.82, 2.24) is 5.43 Å². The molecule has 3 N–H and O–H groups in total. The molecular weight excluding hydrogens is 302 g/mol. The normalized spacial score (nSPS) is 21.0. The molecule has 21 heavy (non-hydrogen) atoms. The van der Waals surface area contributed by atoms with Crippen LogP contribution in [-0.4, -0.2) is 29.6 Å². The van der Waals surface area contributed by atoms with Crippen LogP contribution in [0.15, 0.2) is 18.2 Å². The summed E-state index contributed by atoms with van der Waals surface area (Å²) in [5.74, 6) is 4.71. The smallest absolute Gasteiger partial charge is 0.311 e. The van der Waals surface area contributed by atoms with Gasteiger partial charge in [-0.25, -0.2) is 5.84 Å². The topological polar surface area (TPSA) is 117 Å². The Balaban J connectivity index is 1.96. The van der Waals surface area contributed by atoms with E-state index in [1.807, 2.05) is 5.43 Å². The molecule has 9 heteroatoms. The molecule has 1 aromatic carbocycles. The quantitative estimate of drug-likeness (QED) is 0.364. The van der Waals surface area contributed by atoms with Crippen LogP contribution < -0.4 is 16.0 Å². The molecule has 1 amide bonds. The lowest BCUT2D eigenvalue weighted by atomic mass is 10.2. The number of nitrogens with two attached hydrogens (primary N) is 1. The number of hydrogen-bond donors (Lipinski definition) is 2. The molecule has 2 atom stereocenters.